The van der Waals surface area contributed by atoms with Crippen molar-refractivity contribution in [3.05, 3.63) is 78.6 Å². The Morgan fingerprint density at radius 2 is 1.74 bits per heavy atom. The molecule has 4 aromatic rings. The van der Waals surface area contributed by atoms with Crippen molar-refractivity contribution in [2.75, 3.05) is 5.32 Å². The molecule has 1 saturated carbocycles. The smallest absolute Gasteiger partial charge is 0.280 e. The fourth-order valence-corrected chi connectivity index (χ4v) is 3.74. The van der Waals surface area contributed by atoms with Crippen LogP contribution in [0.5, 0.6) is 0 Å². The number of anilines is 1. The van der Waals surface area contributed by atoms with E-state index in [2.05, 4.69) is 25.3 Å². The van der Waals surface area contributed by atoms with Crippen LogP contribution in [0.25, 0.3) is 33.5 Å². The zero-order valence-electron chi connectivity index (χ0n) is 18.4. The van der Waals surface area contributed by atoms with Crippen LogP contribution < -0.4 is 5.32 Å². The van der Waals surface area contributed by atoms with Gasteiger partial charge in [0.15, 0.2) is 0 Å². The molecular formula is C26H21F2N5O. The van der Waals surface area contributed by atoms with Crippen molar-refractivity contribution in [1.29, 1.82) is 0 Å². The van der Waals surface area contributed by atoms with E-state index in [0.29, 0.717) is 17.1 Å². The number of carbonyl (C=O) groups excluding carboxylic acids is 1. The molecule has 0 atom stereocenters. The van der Waals surface area contributed by atoms with Crippen LogP contribution in [-0.4, -0.2) is 25.8 Å². The van der Waals surface area contributed by atoms with Crippen LogP contribution in [0.2, 0.25) is 0 Å². The molecule has 8 heteroatoms. The van der Waals surface area contributed by atoms with E-state index >= 15 is 0 Å². The number of alkyl halides is 2. The summed E-state index contributed by atoms with van der Waals surface area (Å²) in [4.78, 5) is 28.7. The standard InChI is InChI=1S/C26H21F2N5O/c1-15-2-3-17(18-6-7-30-23(10-18)25(27)28)9-21(15)19-8-20(13-29-12-19)22-11-24(32-14-31-22)33-26(34)16-4-5-16/h2-3,6-14,16,25H,4-5H2,1H3,(H,31,32,33,34). The average Bonchev–Trinajstić information content (AvgIpc) is 3.70. The third-order valence-corrected chi connectivity index (χ3v) is 5.79. The van der Waals surface area contributed by atoms with Gasteiger partial charge in [0.05, 0.1) is 5.69 Å². The Kier molecular flexibility index (Phi) is 5.79. The number of aryl methyl sites for hydroxylation is 1. The molecular weight excluding hydrogens is 436 g/mol. The molecule has 3 heterocycles. The van der Waals surface area contributed by atoms with Gasteiger partial charge in [-0.2, -0.15) is 0 Å². The lowest BCUT2D eigenvalue weighted by Gasteiger charge is -2.11. The van der Waals surface area contributed by atoms with Gasteiger partial charge in [-0.3, -0.25) is 14.8 Å². The zero-order chi connectivity index (χ0) is 23.7. The maximum absolute atomic E-state index is 13.1. The van der Waals surface area contributed by atoms with Crippen molar-refractivity contribution in [3.8, 4) is 33.5 Å². The topological polar surface area (TPSA) is 80.7 Å². The molecule has 0 radical (unpaired) electrons. The van der Waals surface area contributed by atoms with Crippen LogP contribution >= 0.6 is 0 Å². The molecule has 1 aliphatic rings. The lowest BCUT2D eigenvalue weighted by Crippen LogP contribution is -2.14. The number of pyridine rings is 2. The summed E-state index contributed by atoms with van der Waals surface area (Å²) in [5.41, 5.74) is 5.45. The summed E-state index contributed by atoms with van der Waals surface area (Å²) in [6, 6.07) is 12.6. The van der Waals surface area contributed by atoms with Crippen molar-refractivity contribution in [2.24, 2.45) is 5.92 Å². The third-order valence-electron chi connectivity index (χ3n) is 5.79. The summed E-state index contributed by atoms with van der Waals surface area (Å²) in [5, 5.41) is 2.84. The van der Waals surface area contributed by atoms with Gasteiger partial charge in [0.2, 0.25) is 5.91 Å². The molecule has 1 aromatic carbocycles. The maximum Gasteiger partial charge on any atom is 0.280 e. The first-order valence-corrected chi connectivity index (χ1v) is 10.9. The first-order chi connectivity index (χ1) is 16.5. The molecule has 0 spiro atoms. The Balaban J connectivity index is 1.47. The highest BCUT2D eigenvalue weighted by molar-refractivity contribution is 5.93. The van der Waals surface area contributed by atoms with Gasteiger partial charge in [-0.1, -0.05) is 12.1 Å². The van der Waals surface area contributed by atoms with Crippen LogP contribution in [0.3, 0.4) is 0 Å². The first-order valence-electron chi connectivity index (χ1n) is 10.9. The van der Waals surface area contributed by atoms with Crippen molar-refractivity contribution in [3.63, 3.8) is 0 Å². The van der Waals surface area contributed by atoms with Crippen molar-refractivity contribution >= 4 is 11.7 Å². The van der Waals surface area contributed by atoms with E-state index in [1.165, 1.54) is 18.6 Å². The number of halogens is 2. The van der Waals surface area contributed by atoms with E-state index in [4.69, 9.17) is 0 Å². The van der Waals surface area contributed by atoms with Gasteiger partial charge in [-0.15, -0.1) is 0 Å². The Morgan fingerprint density at radius 3 is 2.53 bits per heavy atom. The highest BCUT2D eigenvalue weighted by Crippen LogP contribution is 2.33. The molecule has 5 rings (SSSR count). The third kappa shape index (κ3) is 4.66. The molecule has 6 nitrogen and oxygen atoms in total. The summed E-state index contributed by atoms with van der Waals surface area (Å²) < 4.78 is 26.2. The quantitative estimate of drug-likeness (QED) is 0.392. The Bertz CT molecular complexity index is 1370. The lowest BCUT2D eigenvalue weighted by molar-refractivity contribution is -0.117. The number of hydrogen-bond acceptors (Lipinski definition) is 5. The van der Waals surface area contributed by atoms with Crippen LogP contribution in [0.4, 0.5) is 14.6 Å². The molecule has 0 saturated heterocycles. The molecule has 3 aromatic heterocycles. The Labute approximate surface area is 195 Å². The number of nitrogens with zero attached hydrogens (tertiary/aromatic N) is 4. The second kappa shape index (κ2) is 9.05. The predicted octanol–water partition coefficient (Wildman–Crippen LogP) is 5.86. The molecule has 0 aliphatic heterocycles. The fourth-order valence-electron chi connectivity index (χ4n) is 3.74. The highest BCUT2D eigenvalue weighted by atomic mass is 19.3. The fraction of sp³-hybridized carbons (Fsp3) is 0.192. The Morgan fingerprint density at radius 1 is 0.941 bits per heavy atom. The molecule has 1 fully saturated rings. The van der Waals surface area contributed by atoms with Crippen molar-refractivity contribution in [1.82, 2.24) is 19.9 Å². The summed E-state index contributed by atoms with van der Waals surface area (Å²) >= 11 is 0. The highest BCUT2D eigenvalue weighted by Gasteiger charge is 2.29. The molecule has 0 unspecified atom stereocenters. The van der Waals surface area contributed by atoms with Gasteiger partial charge in [0.25, 0.3) is 6.43 Å². The van der Waals surface area contributed by atoms with E-state index in [1.807, 2.05) is 31.2 Å². The van der Waals surface area contributed by atoms with Crippen molar-refractivity contribution in [2.45, 2.75) is 26.2 Å². The number of rotatable bonds is 6. The number of aromatic nitrogens is 4. The molecule has 0 bridgehead atoms. The van der Waals surface area contributed by atoms with E-state index in [0.717, 1.165) is 40.7 Å². The molecule has 1 N–H and O–H groups in total. The second-order valence-corrected chi connectivity index (χ2v) is 8.31. The first kappa shape index (κ1) is 21.8. The molecule has 34 heavy (non-hydrogen) atoms. The number of amides is 1. The van der Waals surface area contributed by atoms with E-state index in [-0.39, 0.29) is 17.5 Å². The van der Waals surface area contributed by atoms with Gasteiger partial charge in [0, 0.05) is 41.7 Å². The van der Waals surface area contributed by atoms with Gasteiger partial charge in [-0.25, -0.2) is 18.7 Å². The number of benzene rings is 1. The zero-order valence-corrected chi connectivity index (χ0v) is 18.4. The normalized spacial score (nSPS) is 13.2. The van der Waals surface area contributed by atoms with Crippen LogP contribution in [0, 0.1) is 12.8 Å². The van der Waals surface area contributed by atoms with Crippen LogP contribution in [0.1, 0.15) is 30.5 Å². The van der Waals surface area contributed by atoms with Gasteiger partial charge in [0.1, 0.15) is 17.8 Å². The van der Waals surface area contributed by atoms with E-state index in [1.54, 1.807) is 24.5 Å². The summed E-state index contributed by atoms with van der Waals surface area (Å²) in [5.74, 6) is 0.518. The number of carbonyl (C=O) groups is 1. The summed E-state index contributed by atoms with van der Waals surface area (Å²) in [6.07, 6.45) is 5.47. The molecule has 1 amide bonds. The van der Waals surface area contributed by atoms with E-state index in [9.17, 15) is 13.6 Å². The second-order valence-electron chi connectivity index (χ2n) is 8.31. The summed E-state index contributed by atoms with van der Waals surface area (Å²) in [6.45, 7) is 1.99. The van der Waals surface area contributed by atoms with Gasteiger partial charge in [-0.05, 0) is 66.3 Å². The predicted molar refractivity (Wildman–Crippen MR) is 125 cm³/mol. The molecule has 1 aliphatic carbocycles. The minimum absolute atomic E-state index is 0.0184. The monoisotopic (exact) mass is 457 g/mol. The lowest BCUT2D eigenvalue weighted by atomic mass is 9.95. The van der Waals surface area contributed by atoms with Crippen LogP contribution in [-0.2, 0) is 4.79 Å². The van der Waals surface area contributed by atoms with Gasteiger partial charge >= 0.3 is 0 Å². The average molecular weight is 457 g/mol. The molecule has 170 valence electrons. The van der Waals surface area contributed by atoms with Crippen LogP contribution in [0.15, 0.2) is 67.4 Å². The Hall–Kier alpha value is -4.07. The minimum atomic E-state index is -2.63. The SMILES string of the molecule is Cc1ccc(-c2ccnc(C(F)F)c2)cc1-c1cncc(-c2cc(NC(=O)C3CC3)ncn2)c1. The largest absolute Gasteiger partial charge is 0.310 e. The van der Waals surface area contributed by atoms with Gasteiger partial charge < -0.3 is 5.32 Å². The summed E-state index contributed by atoms with van der Waals surface area (Å²) in [7, 11) is 0. The minimum Gasteiger partial charge on any atom is -0.310 e. The number of nitrogens with one attached hydrogen (secondary N) is 1. The maximum atomic E-state index is 13.1. The van der Waals surface area contributed by atoms with Crippen molar-refractivity contribution < 1.29 is 13.6 Å². The van der Waals surface area contributed by atoms with E-state index < -0.39 is 6.43 Å². The number of hydrogen-bond donors (Lipinski definition) is 1.